The fourth-order valence-corrected chi connectivity index (χ4v) is 10.1. The molecule has 2 heteroatoms. The molecule has 0 aromatic heterocycles. The van der Waals surface area contributed by atoms with Gasteiger partial charge in [-0.25, -0.2) is 0 Å². The number of allylic oxidation sites excluding steroid dienone is 2. The molecule has 34 heavy (non-hydrogen) atoms. The Kier molecular flexibility index (Phi) is 6.92. The first kappa shape index (κ1) is 26.3. The van der Waals surface area contributed by atoms with E-state index in [0.29, 0.717) is 16.7 Å². The van der Waals surface area contributed by atoms with E-state index in [1.807, 2.05) is 0 Å². The van der Waals surface area contributed by atoms with Gasteiger partial charge in [0.25, 0.3) is 0 Å². The van der Waals surface area contributed by atoms with Gasteiger partial charge in [-0.3, -0.25) is 4.79 Å². The van der Waals surface area contributed by atoms with Crippen LogP contribution in [0.3, 0.4) is 0 Å². The molecule has 0 saturated heterocycles. The van der Waals surface area contributed by atoms with Crippen molar-refractivity contribution in [1.82, 2.24) is 0 Å². The van der Waals surface area contributed by atoms with Crippen LogP contribution in [0.15, 0.2) is 11.6 Å². The number of rotatable bonds is 6. The molecule has 0 amide bonds. The van der Waals surface area contributed by atoms with Gasteiger partial charge in [0.2, 0.25) is 0 Å². The molecule has 3 fully saturated rings. The minimum Gasteiger partial charge on any atom is -0.462 e. The number of fused-ring (bicyclic) bond motifs is 5. The maximum atomic E-state index is 11.8. The standard InChI is InChI=1S/C32H54O2/c1-21(2)11-10-12-22(3)24-15-19-32(9)26-13-14-27-29(5,6)28(34-23(4)33)17-18-30(27,7)25(26)16-20-31(24,32)8/h16,21-22,24,26-28H,10-15,17-20H2,1-9H3/t22-,24-,26-,27+,28+,30-,31-,32+/m1/s1. The Labute approximate surface area is 211 Å². The number of carbonyl (C=O) groups excluding carboxylic acids is 1. The van der Waals surface area contributed by atoms with Crippen LogP contribution in [-0.4, -0.2) is 12.1 Å². The molecular formula is C32H54O2. The predicted molar refractivity (Wildman–Crippen MR) is 142 cm³/mol. The van der Waals surface area contributed by atoms with Gasteiger partial charge in [0.1, 0.15) is 6.10 Å². The summed E-state index contributed by atoms with van der Waals surface area (Å²) < 4.78 is 5.87. The normalized spacial score (nSPS) is 44.0. The highest BCUT2D eigenvalue weighted by Gasteiger charge is 2.65. The molecule has 0 aromatic rings. The number of hydrogen-bond donors (Lipinski definition) is 0. The van der Waals surface area contributed by atoms with Crippen molar-refractivity contribution in [3.63, 3.8) is 0 Å². The Balaban J connectivity index is 1.59. The molecular weight excluding hydrogens is 416 g/mol. The van der Waals surface area contributed by atoms with Crippen molar-refractivity contribution < 1.29 is 9.53 Å². The minimum absolute atomic E-state index is 0.0370. The molecule has 0 bridgehead atoms. The zero-order valence-corrected chi connectivity index (χ0v) is 23.9. The summed E-state index contributed by atoms with van der Waals surface area (Å²) in [5.41, 5.74) is 2.96. The van der Waals surface area contributed by atoms with Crippen molar-refractivity contribution in [3.8, 4) is 0 Å². The monoisotopic (exact) mass is 470 g/mol. The van der Waals surface area contributed by atoms with Crippen molar-refractivity contribution in [3.05, 3.63) is 11.6 Å². The van der Waals surface area contributed by atoms with Gasteiger partial charge in [-0.15, -0.1) is 0 Å². The highest BCUT2D eigenvalue weighted by molar-refractivity contribution is 5.66. The molecule has 0 unspecified atom stereocenters. The summed E-state index contributed by atoms with van der Waals surface area (Å²) in [5.74, 6) is 3.75. The van der Waals surface area contributed by atoms with Crippen LogP contribution in [0.25, 0.3) is 0 Å². The first-order valence-corrected chi connectivity index (χ1v) is 14.6. The molecule has 8 atom stereocenters. The van der Waals surface area contributed by atoms with Gasteiger partial charge in [0, 0.05) is 12.3 Å². The van der Waals surface area contributed by atoms with Gasteiger partial charge in [0.05, 0.1) is 0 Å². The van der Waals surface area contributed by atoms with Crippen molar-refractivity contribution in [2.75, 3.05) is 0 Å². The summed E-state index contributed by atoms with van der Waals surface area (Å²) >= 11 is 0. The summed E-state index contributed by atoms with van der Waals surface area (Å²) in [6.07, 6.45) is 15.9. The second kappa shape index (κ2) is 8.95. The average molecular weight is 471 g/mol. The number of carbonyl (C=O) groups is 1. The van der Waals surface area contributed by atoms with Crippen LogP contribution >= 0.6 is 0 Å². The smallest absolute Gasteiger partial charge is 0.302 e. The molecule has 0 spiro atoms. The average Bonchev–Trinajstić information content (AvgIpc) is 3.01. The number of esters is 1. The van der Waals surface area contributed by atoms with E-state index in [2.05, 4.69) is 61.5 Å². The van der Waals surface area contributed by atoms with Gasteiger partial charge >= 0.3 is 5.97 Å². The molecule has 0 aliphatic heterocycles. The van der Waals surface area contributed by atoms with E-state index < -0.39 is 0 Å². The third kappa shape index (κ3) is 3.92. The quantitative estimate of drug-likeness (QED) is 0.286. The summed E-state index contributed by atoms with van der Waals surface area (Å²) in [6.45, 7) is 21.6. The second-order valence-electron chi connectivity index (χ2n) is 14.7. The lowest BCUT2D eigenvalue weighted by atomic mass is 9.41. The SMILES string of the molecule is CC(=O)O[C@H]1CC[C@]2(C)C3=CC[C@]4(C)[C@@H]([C@H](C)CCCC(C)C)CC[C@@]4(C)[C@@H]3CC[C@H]2C1(C)C. The fraction of sp³-hybridized carbons (Fsp3) is 0.906. The van der Waals surface area contributed by atoms with E-state index in [0.717, 1.165) is 30.1 Å². The van der Waals surface area contributed by atoms with Crippen molar-refractivity contribution in [1.29, 1.82) is 0 Å². The Morgan fingerprint density at radius 3 is 2.32 bits per heavy atom. The van der Waals surface area contributed by atoms with Gasteiger partial charge < -0.3 is 4.74 Å². The fourth-order valence-electron chi connectivity index (χ4n) is 10.1. The molecule has 0 aromatic carbocycles. The van der Waals surface area contributed by atoms with E-state index in [1.54, 1.807) is 12.5 Å². The van der Waals surface area contributed by atoms with Crippen LogP contribution in [0.4, 0.5) is 0 Å². The molecule has 0 heterocycles. The van der Waals surface area contributed by atoms with Gasteiger partial charge in [-0.2, -0.15) is 0 Å². The molecule has 2 nitrogen and oxygen atoms in total. The number of hydrogen-bond acceptors (Lipinski definition) is 2. The van der Waals surface area contributed by atoms with E-state index in [1.165, 1.54) is 57.8 Å². The summed E-state index contributed by atoms with van der Waals surface area (Å²) in [5, 5.41) is 0. The molecule has 0 N–H and O–H groups in total. The maximum Gasteiger partial charge on any atom is 0.302 e. The second-order valence-corrected chi connectivity index (χ2v) is 14.7. The largest absolute Gasteiger partial charge is 0.462 e. The molecule has 194 valence electrons. The molecule has 0 radical (unpaired) electrons. The zero-order valence-electron chi connectivity index (χ0n) is 23.9. The highest BCUT2D eigenvalue weighted by atomic mass is 16.5. The summed E-state index contributed by atoms with van der Waals surface area (Å²) in [7, 11) is 0. The Bertz CT molecular complexity index is 808. The first-order valence-electron chi connectivity index (χ1n) is 14.6. The maximum absolute atomic E-state index is 11.8. The van der Waals surface area contributed by atoms with E-state index in [9.17, 15) is 4.79 Å². The topological polar surface area (TPSA) is 26.3 Å². The Morgan fingerprint density at radius 1 is 0.971 bits per heavy atom. The third-order valence-electron chi connectivity index (χ3n) is 12.3. The van der Waals surface area contributed by atoms with Crippen LogP contribution < -0.4 is 0 Å². The lowest BCUT2D eigenvalue weighted by molar-refractivity contribution is -0.170. The van der Waals surface area contributed by atoms with Gasteiger partial charge in [-0.1, -0.05) is 86.3 Å². The summed E-state index contributed by atoms with van der Waals surface area (Å²) in [4.78, 5) is 11.8. The van der Waals surface area contributed by atoms with Crippen LogP contribution in [-0.2, 0) is 9.53 Å². The van der Waals surface area contributed by atoms with E-state index >= 15 is 0 Å². The van der Waals surface area contributed by atoms with Crippen molar-refractivity contribution >= 4 is 5.97 Å². The van der Waals surface area contributed by atoms with Crippen LogP contribution in [0, 0.1) is 51.2 Å². The minimum atomic E-state index is -0.116. The lowest BCUT2D eigenvalue weighted by Crippen LogP contribution is -2.58. The van der Waals surface area contributed by atoms with Crippen molar-refractivity contribution in [2.45, 2.75) is 133 Å². The van der Waals surface area contributed by atoms with Crippen LogP contribution in [0.2, 0.25) is 0 Å². The van der Waals surface area contributed by atoms with Gasteiger partial charge in [-0.05, 0) is 90.8 Å². The predicted octanol–water partition coefficient (Wildman–Crippen LogP) is 8.99. The Hall–Kier alpha value is -0.790. The van der Waals surface area contributed by atoms with Crippen LogP contribution in [0.5, 0.6) is 0 Å². The van der Waals surface area contributed by atoms with E-state index in [4.69, 9.17) is 4.74 Å². The highest BCUT2D eigenvalue weighted by Crippen LogP contribution is 2.73. The van der Waals surface area contributed by atoms with E-state index in [-0.39, 0.29) is 22.9 Å². The first-order chi connectivity index (χ1) is 15.8. The lowest BCUT2D eigenvalue weighted by Gasteiger charge is -2.64. The molecule has 4 rings (SSSR count). The summed E-state index contributed by atoms with van der Waals surface area (Å²) in [6, 6.07) is 0. The van der Waals surface area contributed by atoms with Gasteiger partial charge in [0.15, 0.2) is 0 Å². The van der Waals surface area contributed by atoms with Crippen molar-refractivity contribution in [2.24, 2.45) is 51.2 Å². The zero-order chi connectivity index (χ0) is 25.1. The molecule has 4 aliphatic carbocycles. The molecule has 3 saturated carbocycles. The third-order valence-corrected chi connectivity index (χ3v) is 12.3. The van der Waals surface area contributed by atoms with Crippen LogP contribution in [0.1, 0.15) is 127 Å². The number of ether oxygens (including phenoxy) is 1. The molecule has 4 aliphatic rings. The Morgan fingerprint density at radius 2 is 1.68 bits per heavy atom.